The third-order valence-corrected chi connectivity index (χ3v) is 4.56. The van der Waals surface area contributed by atoms with Crippen molar-refractivity contribution >= 4 is 23.2 Å². The SMILES string of the molecule is COCCOc1ccccc1C(=O)Nc1cccc(NC(=O)CCc2ccccc2)c1. The number of amides is 2. The lowest BCUT2D eigenvalue weighted by Crippen LogP contribution is -2.15. The van der Waals surface area contributed by atoms with Gasteiger partial charge in [-0.15, -0.1) is 0 Å². The van der Waals surface area contributed by atoms with Crippen molar-refractivity contribution in [3.05, 3.63) is 90.0 Å². The van der Waals surface area contributed by atoms with Crippen molar-refractivity contribution in [1.29, 1.82) is 0 Å². The van der Waals surface area contributed by atoms with E-state index in [1.54, 1.807) is 49.6 Å². The molecule has 0 radical (unpaired) electrons. The maximum atomic E-state index is 12.8. The number of benzene rings is 3. The number of carbonyl (C=O) groups excluding carboxylic acids is 2. The van der Waals surface area contributed by atoms with E-state index in [4.69, 9.17) is 9.47 Å². The number of ether oxygens (including phenoxy) is 2. The average Bonchev–Trinajstić information content (AvgIpc) is 2.79. The van der Waals surface area contributed by atoms with Crippen molar-refractivity contribution in [3.8, 4) is 5.75 Å². The van der Waals surface area contributed by atoms with Crippen LogP contribution in [0.2, 0.25) is 0 Å². The predicted octanol–water partition coefficient (Wildman–Crippen LogP) is 4.54. The second-order valence-electron chi connectivity index (χ2n) is 6.91. The Labute approximate surface area is 182 Å². The van der Waals surface area contributed by atoms with Crippen LogP contribution in [-0.2, 0) is 16.0 Å². The van der Waals surface area contributed by atoms with Crippen LogP contribution in [0.25, 0.3) is 0 Å². The standard InChI is InChI=1S/C25H26N2O4/c1-30-16-17-31-23-13-6-5-12-22(23)25(29)27-21-11-7-10-20(18-21)26-24(28)15-14-19-8-3-2-4-9-19/h2-13,18H,14-17H2,1H3,(H,26,28)(H,27,29). The zero-order valence-corrected chi connectivity index (χ0v) is 17.5. The summed E-state index contributed by atoms with van der Waals surface area (Å²) < 4.78 is 10.6. The summed E-state index contributed by atoms with van der Waals surface area (Å²) in [6.45, 7) is 0.785. The van der Waals surface area contributed by atoms with Gasteiger partial charge in [-0.2, -0.15) is 0 Å². The molecule has 2 amide bonds. The lowest BCUT2D eigenvalue weighted by atomic mass is 10.1. The van der Waals surface area contributed by atoms with Crippen LogP contribution in [0.5, 0.6) is 5.75 Å². The summed E-state index contributed by atoms with van der Waals surface area (Å²) in [4.78, 5) is 25.0. The van der Waals surface area contributed by atoms with Crippen molar-refractivity contribution in [3.63, 3.8) is 0 Å². The van der Waals surface area contributed by atoms with Gasteiger partial charge in [-0.25, -0.2) is 0 Å². The number of rotatable bonds is 10. The third kappa shape index (κ3) is 6.97. The lowest BCUT2D eigenvalue weighted by molar-refractivity contribution is -0.116. The lowest BCUT2D eigenvalue weighted by Gasteiger charge is -2.12. The first-order chi connectivity index (χ1) is 15.2. The number of hydrogen-bond donors (Lipinski definition) is 2. The molecule has 0 aromatic heterocycles. The molecule has 0 saturated heterocycles. The molecule has 0 aliphatic rings. The van der Waals surface area contributed by atoms with Gasteiger partial charge in [0.2, 0.25) is 5.91 Å². The Kier molecular flexibility index (Phi) is 8.20. The molecule has 0 aliphatic heterocycles. The molecule has 6 heteroatoms. The monoisotopic (exact) mass is 418 g/mol. The first kappa shape index (κ1) is 22.1. The predicted molar refractivity (Wildman–Crippen MR) is 122 cm³/mol. The van der Waals surface area contributed by atoms with Crippen LogP contribution >= 0.6 is 0 Å². The highest BCUT2D eigenvalue weighted by Gasteiger charge is 2.13. The zero-order chi connectivity index (χ0) is 21.9. The number of aryl methyl sites for hydroxylation is 1. The second kappa shape index (κ2) is 11.5. The third-order valence-electron chi connectivity index (χ3n) is 4.56. The Morgan fingerprint density at radius 1 is 0.806 bits per heavy atom. The molecule has 31 heavy (non-hydrogen) atoms. The van der Waals surface area contributed by atoms with Crippen molar-refractivity contribution < 1.29 is 19.1 Å². The van der Waals surface area contributed by atoms with E-state index >= 15 is 0 Å². The second-order valence-corrected chi connectivity index (χ2v) is 6.91. The number of nitrogens with one attached hydrogen (secondary N) is 2. The van der Waals surface area contributed by atoms with E-state index in [-0.39, 0.29) is 11.8 Å². The van der Waals surface area contributed by atoms with Gasteiger partial charge >= 0.3 is 0 Å². The smallest absolute Gasteiger partial charge is 0.259 e. The van der Waals surface area contributed by atoms with E-state index in [0.29, 0.717) is 48.7 Å². The van der Waals surface area contributed by atoms with Gasteiger partial charge in [-0.3, -0.25) is 9.59 Å². The molecule has 160 valence electrons. The van der Waals surface area contributed by atoms with Crippen molar-refractivity contribution in [2.75, 3.05) is 31.0 Å². The fourth-order valence-corrected chi connectivity index (χ4v) is 3.01. The van der Waals surface area contributed by atoms with Gasteiger partial charge in [-0.05, 0) is 42.3 Å². The molecule has 3 aromatic carbocycles. The minimum absolute atomic E-state index is 0.0794. The summed E-state index contributed by atoms with van der Waals surface area (Å²) in [5, 5.41) is 5.74. The molecule has 3 rings (SSSR count). The molecule has 0 spiro atoms. The van der Waals surface area contributed by atoms with Crippen LogP contribution in [0, 0.1) is 0 Å². The molecule has 0 heterocycles. The first-order valence-electron chi connectivity index (χ1n) is 10.1. The summed E-state index contributed by atoms with van der Waals surface area (Å²) in [6, 6.07) is 24.0. The minimum Gasteiger partial charge on any atom is -0.490 e. The van der Waals surface area contributed by atoms with Gasteiger partial charge in [0.05, 0.1) is 12.2 Å². The van der Waals surface area contributed by atoms with E-state index in [0.717, 1.165) is 5.56 Å². The van der Waals surface area contributed by atoms with Gasteiger partial charge in [-0.1, -0.05) is 48.5 Å². The van der Waals surface area contributed by atoms with Crippen LogP contribution in [0.15, 0.2) is 78.9 Å². The Morgan fingerprint density at radius 2 is 1.52 bits per heavy atom. The molecule has 0 bridgehead atoms. The molecule has 0 aliphatic carbocycles. The highest BCUT2D eigenvalue weighted by Crippen LogP contribution is 2.21. The summed E-state index contributed by atoms with van der Waals surface area (Å²) >= 11 is 0. The number of hydrogen-bond acceptors (Lipinski definition) is 4. The van der Waals surface area contributed by atoms with Crippen LogP contribution in [-0.4, -0.2) is 32.1 Å². The molecule has 0 unspecified atom stereocenters. The molecular weight excluding hydrogens is 392 g/mol. The largest absolute Gasteiger partial charge is 0.490 e. The summed E-state index contributed by atoms with van der Waals surface area (Å²) in [7, 11) is 1.59. The number of para-hydroxylation sites is 1. The van der Waals surface area contributed by atoms with E-state index in [1.165, 1.54) is 0 Å². The minimum atomic E-state index is -0.291. The molecular formula is C25H26N2O4. The van der Waals surface area contributed by atoms with Crippen molar-refractivity contribution in [2.24, 2.45) is 0 Å². The van der Waals surface area contributed by atoms with Crippen molar-refractivity contribution in [2.45, 2.75) is 12.8 Å². The molecule has 6 nitrogen and oxygen atoms in total. The van der Waals surface area contributed by atoms with Gasteiger partial charge in [0.15, 0.2) is 0 Å². The first-order valence-corrected chi connectivity index (χ1v) is 10.1. The van der Waals surface area contributed by atoms with E-state index in [9.17, 15) is 9.59 Å². The fraction of sp³-hybridized carbons (Fsp3) is 0.200. The molecule has 0 saturated carbocycles. The van der Waals surface area contributed by atoms with Gasteiger partial charge in [0.1, 0.15) is 12.4 Å². The number of carbonyl (C=O) groups is 2. The van der Waals surface area contributed by atoms with Crippen LogP contribution in [0.4, 0.5) is 11.4 Å². The number of anilines is 2. The fourth-order valence-electron chi connectivity index (χ4n) is 3.01. The molecule has 0 atom stereocenters. The normalized spacial score (nSPS) is 10.4. The van der Waals surface area contributed by atoms with Crippen LogP contribution < -0.4 is 15.4 Å². The Bertz CT molecular complexity index is 1010. The van der Waals surface area contributed by atoms with Gasteiger partial charge in [0, 0.05) is 24.9 Å². The van der Waals surface area contributed by atoms with Crippen LogP contribution in [0.1, 0.15) is 22.3 Å². The topological polar surface area (TPSA) is 76.7 Å². The van der Waals surface area contributed by atoms with Crippen molar-refractivity contribution in [1.82, 2.24) is 0 Å². The highest BCUT2D eigenvalue weighted by molar-refractivity contribution is 6.06. The average molecular weight is 418 g/mol. The summed E-state index contributed by atoms with van der Waals surface area (Å²) in [5.41, 5.74) is 2.75. The van der Waals surface area contributed by atoms with Crippen LogP contribution in [0.3, 0.4) is 0 Å². The zero-order valence-electron chi connectivity index (χ0n) is 17.5. The number of methoxy groups -OCH3 is 1. The van der Waals surface area contributed by atoms with E-state index in [2.05, 4.69) is 10.6 Å². The summed E-state index contributed by atoms with van der Waals surface area (Å²) in [5.74, 6) is 0.118. The quantitative estimate of drug-likeness (QED) is 0.474. The molecule has 3 aromatic rings. The van der Waals surface area contributed by atoms with Gasteiger partial charge in [0.25, 0.3) is 5.91 Å². The maximum absolute atomic E-state index is 12.8. The van der Waals surface area contributed by atoms with Gasteiger partial charge < -0.3 is 20.1 Å². The summed E-state index contributed by atoms with van der Waals surface area (Å²) in [6.07, 6.45) is 1.05. The Hall–Kier alpha value is -3.64. The highest BCUT2D eigenvalue weighted by atomic mass is 16.5. The molecule has 2 N–H and O–H groups in total. The van der Waals surface area contributed by atoms with E-state index in [1.807, 2.05) is 36.4 Å². The van der Waals surface area contributed by atoms with E-state index < -0.39 is 0 Å². The Morgan fingerprint density at radius 3 is 2.29 bits per heavy atom. The molecule has 0 fully saturated rings. The maximum Gasteiger partial charge on any atom is 0.259 e. The Balaban J connectivity index is 1.59.